The Kier molecular flexibility index (Phi) is 3.61. The third-order valence-electron chi connectivity index (χ3n) is 3.13. The van der Waals surface area contributed by atoms with Crippen molar-refractivity contribution in [1.29, 1.82) is 0 Å². The molecule has 1 aromatic carbocycles. The van der Waals surface area contributed by atoms with Crippen LogP contribution in [0.2, 0.25) is 0 Å². The van der Waals surface area contributed by atoms with Crippen molar-refractivity contribution in [2.45, 2.75) is 20.8 Å². The molecule has 1 aromatic heterocycles. The number of nitrogens with zero attached hydrogens (tertiary/aromatic N) is 1. The summed E-state index contributed by atoms with van der Waals surface area (Å²) in [5.74, 6) is -0.0200. The fraction of sp³-hybridized carbons (Fsp3) is 0.200. The Morgan fingerprint density at radius 1 is 1.15 bits per heavy atom. The maximum absolute atomic E-state index is 11.3. The van der Waals surface area contributed by atoms with Gasteiger partial charge in [-0.25, -0.2) is 4.98 Å². The average molecular weight is 270 g/mol. The van der Waals surface area contributed by atoms with E-state index in [2.05, 4.69) is 29.4 Å². The Morgan fingerprint density at radius 2 is 1.75 bits per heavy atom. The predicted octanol–water partition coefficient (Wildman–Crippen LogP) is 2.43. The fourth-order valence-electron chi connectivity index (χ4n) is 2.25. The van der Waals surface area contributed by atoms with Gasteiger partial charge in [0.15, 0.2) is 0 Å². The molecule has 5 nitrogen and oxygen atoms in total. The van der Waals surface area contributed by atoms with Gasteiger partial charge >= 0.3 is 0 Å². The van der Waals surface area contributed by atoms with Gasteiger partial charge in [0.2, 0.25) is 0 Å². The lowest BCUT2D eigenvalue weighted by molar-refractivity contribution is 0.100. The number of pyridine rings is 1. The summed E-state index contributed by atoms with van der Waals surface area (Å²) in [6, 6.07) is 5.74. The molecule has 0 fully saturated rings. The van der Waals surface area contributed by atoms with E-state index in [0.717, 1.165) is 16.8 Å². The Bertz CT molecular complexity index is 657. The third kappa shape index (κ3) is 2.71. The van der Waals surface area contributed by atoms with Gasteiger partial charge in [-0.05, 0) is 38.0 Å². The number of amides is 1. The van der Waals surface area contributed by atoms with E-state index in [-0.39, 0.29) is 11.3 Å². The third-order valence-corrected chi connectivity index (χ3v) is 3.13. The standard InChI is InChI=1S/C15H18N4O/c1-8-4-9(2)14(10(3)5-8)19-13-6-11(15(17)20)12(16)7-18-13/h4-7H,16H2,1-3H3,(H2,17,20)(H,18,19). The van der Waals surface area contributed by atoms with Crippen molar-refractivity contribution in [1.82, 2.24) is 4.98 Å². The second-order valence-corrected chi connectivity index (χ2v) is 4.92. The second kappa shape index (κ2) is 5.21. The highest BCUT2D eigenvalue weighted by Gasteiger charge is 2.10. The monoisotopic (exact) mass is 270 g/mol. The van der Waals surface area contributed by atoms with Crippen molar-refractivity contribution in [2.75, 3.05) is 11.1 Å². The van der Waals surface area contributed by atoms with Crippen LogP contribution in [-0.4, -0.2) is 10.9 Å². The van der Waals surface area contributed by atoms with Gasteiger partial charge in [-0.1, -0.05) is 17.7 Å². The number of nitrogens with one attached hydrogen (secondary N) is 1. The molecule has 0 spiro atoms. The highest BCUT2D eigenvalue weighted by molar-refractivity contribution is 5.98. The van der Waals surface area contributed by atoms with Crippen LogP contribution in [-0.2, 0) is 0 Å². The van der Waals surface area contributed by atoms with Gasteiger partial charge < -0.3 is 16.8 Å². The molecule has 0 atom stereocenters. The topological polar surface area (TPSA) is 94.0 Å². The largest absolute Gasteiger partial charge is 0.397 e. The van der Waals surface area contributed by atoms with E-state index in [0.29, 0.717) is 5.82 Å². The first-order valence-electron chi connectivity index (χ1n) is 6.28. The van der Waals surface area contributed by atoms with Crippen molar-refractivity contribution in [2.24, 2.45) is 5.73 Å². The van der Waals surface area contributed by atoms with Gasteiger partial charge in [-0.3, -0.25) is 4.79 Å². The Labute approximate surface area is 118 Å². The molecule has 5 heteroatoms. The van der Waals surface area contributed by atoms with Crippen LogP contribution in [0.4, 0.5) is 17.2 Å². The van der Waals surface area contributed by atoms with E-state index in [1.165, 1.54) is 11.8 Å². The quantitative estimate of drug-likeness (QED) is 0.798. The molecule has 2 aromatic rings. The Hall–Kier alpha value is -2.56. The Balaban J connectivity index is 2.41. The zero-order valence-corrected chi connectivity index (χ0v) is 11.8. The minimum absolute atomic E-state index is 0.268. The molecule has 5 N–H and O–H groups in total. The summed E-state index contributed by atoms with van der Waals surface area (Å²) in [7, 11) is 0. The van der Waals surface area contributed by atoms with E-state index in [1.54, 1.807) is 6.07 Å². The first-order chi connectivity index (χ1) is 9.38. The van der Waals surface area contributed by atoms with E-state index in [1.807, 2.05) is 13.8 Å². The van der Waals surface area contributed by atoms with E-state index >= 15 is 0 Å². The van der Waals surface area contributed by atoms with E-state index in [4.69, 9.17) is 11.5 Å². The molecule has 0 saturated carbocycles. The number of aryl methyl sites for hydroxylation is 3. The zero-order valence-electron chi connectivity index (χ0n) is 11.8. The lowest BCUT2D eigenvalue weighted by atomic mass is 10.1. The number of carbonyl (C=O) groups excluding carboxylic acids is 1. The molecule has 0 radical (unpaired) electrons. The normalized spacial score (nSPS) is 10.3. The molecule has 0 bridgehead atoms. The minimum Gasteiger partial charge on any atom is -0.397 e. The van der Waals surface area contributed by atoms with Gasteiger partial charge in [-0.2, -0.15) is 0 Å². The van der Waals surface area contributed by atoms with Gasteiger partial charge in [0.1, 0.15) is 5.82 Å². The number of carbonyl (C=O) groups is 1. The number of nitrogens with two attached hydrogens (primary N) is 2. The number of aromatic nitrogens is 1. The lowest BCUT2D eigenvalue weighted by Gasteiger charge is -2.14. The van der Waals surface area contributed by atoms with Gasteiger partial charge in [0.05, 0.1) is 17.4 Å². The summed E-state index contributed by atoms with van der Waals surface area (Å²) >= 11 is 0. The number of benzene rings is 1. The molecular weight excluding hydrogens is 252 g/mol. The lowest BCUT2D eigenvalue weighted by Crippen LogP contribution is -2.14. The number of anilines is 3. The zero-order chi connectivity index (χ0) is 14.9. The summed E-state index contributed by atoms with van der Waals surface area (Å²) in [5.41, 5.74) is 15.9. The molecule has 104 valence electrons. The summed E-state index contributed by atoms with van der Waals surface area (Å²) in [5, 5.41) is 3.22. The molecule has 1 heterocycles. The number of hydrogen-bond donors (Lipinski definition) is 3. The summed E-state index contributed by atoms with van der Waals surface area (Å²) in [6.07, 6.45) is 1.43. The van der Waals surface area contributed by atoms with Gasteiger partial charge in [0.25, 0.3) is 5.91 Å². The summed E-state index contributed by atoms with van der Waals surface area (Å²) < 4.78 is 0. The molecule has 0 aliphatic heterocycles. The van der Waals surface area contributed by atoms with Crippen LogP contribution in [0.1, 0.15) is 27.0 Å². The maximum atomic E-state index is 11.3. The minimum atomic E-state index is -0.565. The van der Waals surface area contributed by atoms with Crippen molar-refractivity contribution in [3.05, 3.63) is 46.6 Å². The number of hydrogen-bond acceptors (Lipinski definition) is 4. The number of rotatable bonds is 3. The molecule has 0 aliphatic carbocycles. The predicted molar refractivity (Wildman–Crippen MR) is 81.1 cm³/mol. The first kappa shape index (κ1) is 13.9. The Morgan fingerprint density at radius 3 is 2.30 bits per heavy atom. The van der Waals surface area contributed by atoms with Crippen LogP contribution in [0, 0.1) is 20.8 Å². The molecule has 20 heavy (non-hydrogen) atoms. The van der Waals surface area contributed by atoms with Gasteiger partial charge in [0, 0.05) is 5.69 Å². The van der Waals surface area contributed by atoms with E-state index in [9.17, 15) is 4.79 Å². The maximum Gasteiger partial charge on any atom is 0.250 e. The highest BCUT2D eigenvalue weighted by atomic mass is 16.1. The molecule has 0 aliphatic rings. The van der Waals surface area contributed by atoms with Crippen LogP contribution in [0.3, 0.4) is 0 Å². The molecule has 2 rings (SSSR count). The molecule has 0 unspecified atom stereocenters. The molecular formula is C15H18N4O. The average Bonchev–Trinajstić information content (AvgIpc) is 2.35. The van der Waals surface area contributed by atoms with Crippen LogP contribution < -0.4 is 16.8 Å². The smallest absolute Gasteiger partial charge is 0.250 e. The van der Waals surface area contributed by atoms with Gasteiger partial charge in [-0.15, -0.1) is 0 Å². The summed E-state index contributed by atoms with van der Waals surface area (Å²) in [4.78, 5) is 15.5. The second-order valence-electron chi connectivity index (χ2n) is 4.92. The SMILES string of the molecule is Cc1cc(C)c(Nc2cc(C(N)=O)c(N)cn2)c(C)c1. The fourth-order valence-corrected chi connectivity index (χ4v) is 2.25. The van der Waals surface area contributed by atoms with Crippen molar-refractivity contribution in [3.63, 3.8) is 0 Å². The van der Waals surface area contributed by atoms with Crippen LogP contribution in [0.15, 0.2) is 24.4 Å². The van der Waals surface area contributed by atoms with E-state index < -0.39 is 5.91 Å². The number of nitrogen functional groups attached to an aromatic ring is 1. The summed E-state index contributed by atoms with van der Waals surface area (Å²) in [6.45, 7) is 6.10. The van der Waals surface area contributed by atoms with Crippen molar-refractivity contribution < 1.29 is 4.79 Å². The van der Waals surface area contributed by atoms with Crippen LogP contribution >= 0.6 is 0 Å². The van der Waals surface area contributed by atoms with Crippen LogP contribution in [0.5, 0.6) is 0 Å². The first-order valence-corrected chi connectivity index (χ1v) is 6.28. The van der Waals surface area contributed by atoms with Crippen LogP contribution in [0.25, 0.3) is 0 Å². The van der Waals surface area contributed by atoms with Crippen molar-refractivity contribution in [3.8, 4) is 0 Å². The number of primary amides is 1. The highest BCUT2D eigenvalue weighted by Crippen LogP contribution is 2.26. The molecule has 1 amide bonds. The van der Waals surface area contributed by atoms with Crippen molar-refractivity contribution >= 4 is 23.1 Å². The molecule has 0 saturated heterocycles.